The number of amides is 1. The third-order valence-corrected chi connectivity index (χ3v) is 4.79. The lowest BCUT2D eigenvalue weighted by Crippen LogP contribution is -2.29. The molecule has 1 aliphatic heterocycles. The van der Waals surface area contributed by atoms with Crippen LogP contribution in [0, 0.1) is 0 Å². The molecule has 2 aromatic heterocycles. The third-order valence-electron chi connectivity index (χ3n) is 4.79. The number of nitrogens with zero attached hydrogens (tertiary/aromatic N) is 4. The Morgan fingerprint density at radius 2 is 1.85 bits per heavy atom. The van der Waals surface area contributed by atoms with Crippen LogP contribution in [-0.2, 0) is 17.8 Å². The molecule has 0 bridgehead atoms. The van der Waals surface area contributed by atoms with Gasteiger partial charge in [0.15, 0.2) is 0 Å². The number of hydrogen-bond acceptors (Lipinski definition) is 4. The van der Waals surface area contributed by atoms with E-state index < -0.39 is 0 Å². The topological polar surface area (TPSA) is 68.1 Å². The molecule has 0 unspecified atom stereocenters. The fourth-order valence-corrected chi connectivity index (χ4v) is 3.40. The van der Waals surface area contributed by atoms with Crippen molar-refractivity contribution in [3.63, 3.8) is 0 Å². The molecule has 1 aliphatic rings. The molecule has 0 aliphatic carbocycles. The van der Waals surface area contributed by atoms with E-state index in [1.54, 1.807) is 18.5 Å². The maximum Gasteiger partial charge on any atom is 0.266 e. The fraction of sp³-hybridized carbons (Fsp3) is 0.238. The minimum Gasteiger partial charge on any atom is -0.312 e. The molecule has 0 saturated carbocycles. The standard InChI is InChI=1S/C21H20N4O2/c26-20(24-15-11-17-4-1-2-5-19(17)24)6-3-14-25-21(27)8-7-18(23-25)16-9-12-22-13-10-16/h1-2,4-5,7-10,12-13H,3,6,11,14-15H2. The Morgan fingerprint density at radius 3 is 2.70 bits per heavy atom. The van der Waals surface area contributed by atoms with Gasteiger partial charge in [0.2, 0.25) is 5.91 Å². The van der Waals surface area contributed by atoms with Crippen molar-refractivity contribution in [2.75, 3.05) is 11.4 Å². The van der Waals surface area contributed by atoms with Crippen molar-refractivity contribution in [1.29, 1.82) is 0 Å². The van der Waals surface area contributed by atoms with Crippen LogP contribution < -0.4 is 10.5 Å². The summed E-state index contributed by atoms with van der Waals surface area (Å²) < 4.78 is 1.43. The number of carbonyl (C=O) groups is 1. The predicted octanol–water partition coefficient (Wildman–Crippen LogP) is 2.67. The molecule has 0 N–H and O–H groups in total. The van der Waals surface area contributed by atoms with Crippen LogP contribution in [0.5, 0.6) is 0 Å². The number of aryl methyl sites for hydroxylation is 1. The highest BCUT2D eigenvalue weighted by atomic mass is 16.2. The molecule has 1 amide bonds. The van der Waals surface area contributed by atoms with Gasteiger partial charge in [0.25, 0.3) is 5.56 Å². The van der Waals surface area contributed by atoms with Gasteiger partial charge in [-0.25, -0.2) is 4.68 Å². The van der Waals surface area contributed by atoms with Crippen LogP contribution in [0.2, 0.25) is 0 Å². The Labute approximate surface area is 157 Å². The first kappa shape index (κ1) is 17.1. The number of benzene rings is 1. The van der Waals surface area contributed by atoms with Gasteiger partial charge in [-0.15, -0.1) is 0 Å². The van der Waals surface area contributed by atoms with Gasteiger partial charge >= 0.3 is 0 Å². The molecule has 0 spiro atoms. The highest BCUT2D eigenvalue weighted by molar-refractivity contribution is 5.95. The average Bonchev–Trinajstić information content (AvgIpc) is 3.14. The summed E-state index contributed by atoms with van der Waals surface area (Å²) in [7, 11) is 0. The minimum atomic E-state index is -0.160. The van der Waals surface area contributed by atoms with E-state index in [4.69, 9.17) is 0 Å². The zero-order valence-electron chi connectivity index (χ0n) is 14.9. The molecule has 27 heavy (non-hydrogen) atoms. The first-order chi connectivity index (χ1) is 13.2. The van der Waals surface area contributed by atoms with Crippen LogP contribution in [0.25, 0.3) is 11.3 Å². The summed E-state index contributed by atoms with van der Waals surface area (Å²) >= 11 is 0. The third kappa shape index (κ3) is 3.65. The van der Waals surface area contributed by atoms with Crippen molar-refractivity contribution in [2.24, 2.45) is 0 Å². The van der Waals surface area contributed by atoms with Crippen LogP contribution in [0.1, 0.15) is 18.4 Å². The van der Waals surface area contributed by atoms with E-state index in [1.807, 2.05) is 35.2 Å². The number of aromatic nitrogens is 3. The highest BCUT2D eigenvalue weighted by Crippen LogP contribution is 2.28. The second-order valence-corrected chi connectivity index (χ2v) is 6.54. The fourth-order valence-electron chi connectivity index (χ4n) is 3.40. The number of para-hydroxylation sites is 1. The SMILES string of the molecule is O=C(CCCn1nc(-c2ccncc2)ccc1=O)N1CCc2ccccc21. The molecule has 6 nitrogen and oxygen atoms in total. The van der Waals surface area contributed by atoms with Gasteiger partial charge in [-0.2, -0.15) is 5.10 Å². The van der Waals surface area contributed by atoms with Crippen LogP contribution >= 0.6 is 0 Å². The summed E-state index contributed by atoms with van der Waals surface area (Å²) in [6.07, 6.45) is 5.25. The second kappa shape index (κ2) is 7.53. The summed E-state index contributed by atoms with van der Waals surface area (Å²) in [6, 6.07) is 14.9. The Bertz CT molecular complexity index is 1010. The van der Waals surface area contributed by atoms with Crippen molar-refractivity contribution in [3.05, 3.63) is 76.8 Å². The Balaban J connectivity index is 1.41. The van der Waals surface area contributed by atoms with Crippen molar-refractivity contribution < 1.29 is 4.79 Å². The van der Waals surface area contributed by atoms with Gasteiger partial charge in [0.05, 0.1) is 5.69 Å². The number of hydrogen-bond donors (Lipinski definition) is 0. The number of anilines is 1. The summed E-state index contributed by atoms with van der Waals surface area (Å²) in [6.45, 7) is 1.15. The van der Waals surface area contributed by atoms with E-state index in [9.17, 15) is 9.59 Å². The molecule has 3 aromatic rings. The highest BCUT2D eigenvalue weighted by Gasteiger charge is 2.23. The number of fused-ring (bicyclic) bond motifs is 1. The van der Waals surface area contributed by atoms with E-state index >= 15 is 0 Å². The molecule has 0 atom stereocenters. The molecular weight excluding hydrogens is 340 g/mol. The Morgan fingerprint density at radius 1 is 1.04 bits per heavy atom. The van der Waals surface area contributed by atoms with Gasteiger partial charge in [-0.1, -0.05) is 18.2 Å². The van der Waals surface area contributed by atoms with Crippen molar-refractivity contribution >= 4 is 11.6 Å². The lowest BCUT2D eigenvalue weighted by Gasteiger charge is -2.17. The first-order valence-electron chi connectivity index (χ1n) is 9.09. The molecule has 0 saturated heterocycles. The van der Waals surface area contributed by atoms with Crippen LogP contribution in [-0.4, -0.2) is 27.2 Å². The Hall–Kier alpha value is -3.28. The maximum atomic E-state index is 12.6. The van der Waals surface area contributed by atoms with Gasteiger partial charge in [-0.05, 0) is 42.7 Å². The van der Waals surface area contributed by atoms with Gasteiger partial charge < -0.3 is 4.90 Å². The van der Waals surface area contributed by atoms with E-state index in [1.165, 1.54) is 16.3 Å². The van der Waals surface area contributed by atoms with Gasteiger partial charge in [0, 0.05) is 49.2 Å². The predicted molar refractivity (Wildman–Crippen MR) is 103 cm³/mol. The number of carbonyl (C=O) groups excluding carboxylic acids is 1. The van der Waals surface area contributed by atoms with Crippen molar-refractivity contribution in [1.82, 2.24) is 14.8 Å². The van der Waals surface area contributed by atoms with Crippen LogP contribution in [0.4, 0.5) is 5.69 Å². The second-order valence-electron chi connectivity index (χ2n) is 6.54. The molecular formula is C21H20N4O2. The lowest BCUT2D eigenvalue weighted by atomic mass is 10.2. The summed E-state index contributed by atoms with van der Waals surface area (Å²) in [5.74, 6) is 0.0956. The number of pyridine rings is 1. The van der Waals surface area contributed by atoms with E-state index in [0.717, 1.165) is 29.9 Å². The molecule has 3 heterocycles. The normalized spacial score (nSPS) is 12.8. The lowest BCUT2D eigenvalue weighted by molar-refractivity contribution is -0.118. The molecule has 6 heteroatoms. The largest absolute Gasteiger partial charge is 0.312 e. The van der Waals surface area contributed by atoms with Crippen LogP contribution in [0.3, 0.4) is 0 Å². The monoisotopic (exact) mass is 360 g/mol. The molecule has 0 radical (unpaired) electrons. The van der Waals surface area contributed by atoms with E-state index in [0.29, 0.717) is 19.4 Å². The molecule has 0 fully saturated rings. The zero-order valence-corrected chi connectivity index (χ0v) is 14.9. The van der Waals surface area contributed by atoms with Crippen molar-refractivity contribution in [2.45, 2.75) is 25.8 Å². The van der Waals surface area contributed by atoms with Crippen molar-refractivity contribution in [3.8, 4) is 11.3 Å². The van der Waals surface area contributed by atoms with E-state index in [2.05, 4.69) is 16.1 Å². The first-order valence-corrected chi connectivity index (χ1v) is 9.09. The molecule has 1 aromatic carbocycles. The minimum absolute atomic E-state index is 0.0956. The quantitative estimate of drug-likeness (QED) is 0.701. The zero-order chi connectivity index (χ0) is 18.6. The number of rotatable bonds is 5. The molecule has 136 valence electrons. The Kier molecular flexibility index (Phi) is 4.78. The average molecular weight is 360 g/mol. The summed E-state index contributed by atoms with van der Waals surface area (Å²) in [5, 5.41) is 4.42. The van der Waals surface area contributed by atoms with Crippen LogP contribution in [0.15, 0.2) is 65.7 Å². The maximum absolute atomic E-state index is 12.6. The smallest absolute Gasteiger partial charge is 0.266 e. The van der Waals surface area contributed by atoms with E-state index in [-0.39, 0.29) is 11.5 Å². The summed E-state index contributed by atoms with van der Waals surface area (Å²) in [5.41, 5.74) is 3.69. The molecule has 4 rings (SSSR count). The van der Waals surface area contributed by atoms with Gasteiger partial charge in [-0.3, -0.25) is 14.6 Å². The van der Waals surface area contributed by atoms with Gasteiger partial charge in [0.1, 0.15) is 0 Å². The summed E-state index contributed by atoms with van der Waals surface area (Å²) in [4.78, 5) is 30.5.